The smallest absolute Gasteiger partial charge is 0.203 e. The van der Waals surface area contributed by atoms with Crippen molar-refractivity contribution >= 4 is 0 Å². The van der Waals surface area contributed by atoms with Crippen LogP contribution in [0.25, 0.3) is 0 Å². The van der Waals surface area contributed by atoms with Crippen molar-refractivity contribution in [1.29, 1.82) is 0 Å². The maximum atomic E-state index is 5.55. The third-order valence-corrected chi connectivity index (χ3v) is 5.25. The van der Waals surface area contributed by atoms with E-state index < -0.39 is 0 Å². The van der Waals surface area contributed by atoms with Crippen LogP contribution in [-0.4, -0.2) is 49.8 Å². The van der Waals surface area contributed by atoms with E-state index in [1.807, 2.05) is 24.3 Å². The molecule has 0 spiro atoms. The highest BCUT2D eigenvalue weighted by atomic mass is 16.5. The van der Waals surface area contributed by atoms with Gasteiger partial charge in [0.15, 0.2) is 23.0 Å². The summed E-state index contributed by atoms with van der Waals surface area (Å²) in [7, 11) is 11.0. The van der Waals surface area contributed by atoms with Crippen LogP contribution in [0.4, 0.5) is 0 Å². The summed E-state index contributed by atoms with van der Waals surface area (Å²) < 4.78 is 38.0. The predicted octanol–water partition coefficient (Wildman–Crippen LogP) is 4.55. The van der Waals surface area contributed by atoms with Gasteiger partial charge in [0.1, 0.15) is 11.5 Å². The van der Waals surface area contributed by atoms with Gasteiger partial charge < -0.3 is 33.2 Å². The van der Waals surface area contributed by atoms with Crippen molar-refractivity contribution in [2.45, 2.75) is 0 Å². The number of methoxy groups -OCH3 is 7. The molecule has 0 saturated carbocycles. The summed E-state index contributed by atoms with van der Waals surface area (Å²) in [6, 6.07) is 12.6. The van der Waals surface area contributed by atoms with Crippen molar-refractivity contribution in [3.63, 3.8) is 0 Å². The molecular weight excluding hydrogens is 460 g/mol. The number of benzene rings is 3. The Morgan fingerprint density at radius 1 is 0.389 bits per heavy atom. The Labute approximate surface area is 211 Å². The van der Waals surface area contributed by atoms with Crippen molar-refractivity contribution in [2.75, 3.05) is 49.8 Å². The third-order valence-electron chi connectivity index (χ3n) is 5.25. The van der Waals surface area contributed by atoms with Gasteiger partial charge in [-0.1, -0.05) is 23.7 Å². The molecule has 3 aromatic carbocycles. The van der Waals surface area contributed by atoms with E-state index in [1.165, 1.54) is 0 Å². The minimum Gasteiger partial charge on any atom is -0.495 e. The second-order valence-corrected chi connectivity index (χ2v) is 7.24. The molecule has 0 N–H and O–H groups in total. The highest BCUT2D eigenvalue weighted by Crippen LogP contribution is 2.38. The average Bonchev–Trinajstić information content (AvgIpc) is 2.93. The molecule has 7 nitrogen and oxygen atoms in total. The molecule has 0 atom stereocenters. The van der Waals surface area contributed by atoms with Gasteiger partial charge in [-0.2, -0.15) is 0 Å². The molecular formula is C29H28O7. The quantitative estimate of drug-likeness (QED) is 0.452. The lowest BCUT2D eigenvalue weighted by Gasteiger charge is -2.12. The molecule has 3 rings (SSSR count). The summed E-state index contributed by atoms with van der Waals surface area (Å²) >= 11 is 0. The fraction of sp³-hybridized carbons (Fsp3) is 0.241. The first-order valence-corrected chi connectivity index (χ1v) is 10.8. The van der Waals surface area contributed by atoms with Crippen molar-refractivity contribution in [2.24, 2.45) is 0 Å². The Hall–Kier alpha value is -4.62. The molecule has 0 heterocycles. The largest absolute Gasteiger partial charge is 0.495 e. The highest BCUT2D eigenvalue weighted by molar-refractivity contribution is 5.62. The lowest BCUT2D eigenvalue weighted by molar-refractivity contribution is 0.324. The van der Waals surface area contributed by atoms with Gasteiger partial charge in [-0.05, 0) is 36.4 Å². The Balaban J connectivity index is 2.06. The molecule has 0 aliphatic heterocycles. The fourth-order valence-electron chi connectivity index (χ4n) is 3.44. The van der Waals surface area contributed by atoms with Gasteiger partial charge in [0, 0.05) is 17.2 Å². The maximum absolute atomic E-state index is 5.55. The lowest BCUT2D eigenvalue weighted by Crippen LogP contribution is -1.96. The van der Waals surface area contributed by atoms with Gasteiger partial charge in [-0.25, -0.2) is 0 Å². The van der Waals surface area contributed by atoms with E-state index in [1.54, 1.807) is 68.0 Å². The standard InChI is InChI=1S/C29H28O7/c1-30-23-13-10-19(14-26(23)33-4)8-11-21-17-22(25(32-3)18-24(21)31-2)12-9-20-15-27(34-5)29(36-7)28(16-20)35-6/h10,13-18H,1-7H3. The van der Waals surface area contributed by atoms with E-state index in [9.17, 15) is 0 Å². The van der Waals surface area contributed by atoms with E-state index in [2.05, 4.69) is 23.7 Å². The summed E-state index contributed by atoms with van der Waals surface area (Å²) in [6.45, 7) is 0. The van der Waals surface area contributed by atoms with Crippen LogP contribution in [0.1, 0.15) is 22.3 Å². The Bertz CT molecular complexity index is 1330. The zero-order chi connectivity index (χ0) is 26.1. The number of rotatable bonds is 7. The normalized spacial score (nSPS) is 9.64. The first-order valence-electron chi connectivity index (χ1n) is 10.8. The molecule has 0 aromatic heterocycles. The fourth-order valence-corrected chi connectivity index (χ4v) is 3.44. The predicted molar refractivity (Wildman–Crippen MR) is 137 cm³/mol. The molecule has 0 aliphatic rings. The molecule has 36 heavy (non-hydrogen) atoms. The SMILES string of the molecule is COc1cc(OC)c(C#Cc2cc(OC)c(OC)c(OC)c2)cc1C#Cc1ccc(OC)c(OC)c1. The van der Waals surface area contributed by atoms with Crippen LogP contribution in [0.2, 0.25) is 0 Å². The number of hydrogen-bond donors (Lipinski definition) is 0. The molecule has 186 valence electrons. The van der Waals surface area contributed by atoms with E-state index in [4.69, 9.17) is 33.2 Å². The lowest BCUT2D eigenvalue weighted by atomic mass is 10.1. The second kappa shape index (κ2) is 12.2. The molecule has 0 aliphatic carbocycles. The monoisotopic (exact) mass is 488 g/mol. The van der Waals surface area contributed by atoms with Crippen LogP contribution in [0.15, 0.2) is 42.5 Å². The number of ether oxygens (including phenoxy) is 7. The van der Waals surface area contributed by atoms with E-state index in [0.29, 0.717) is 56.9 Å². The molecule has 0 unspecified atom stereocenters. The van der Waals surface area contributed by atoms with Crippen molar-refractivity contribution in [3.8, 4) is 63.9 Å². The first-order chi connectivity index (χ1) is 17.5. The van der Waals surface area contributed by atoms with E-state index >= 15 is 0 Å². The number of hydrogen-bond acceptors (Lipinski definition) is 7. The Morgan fingerprint density at radius 2 is 0.861 bits per heavy atom. The maximum Gasteiger partial charge on any atom is 0.203 e. The van der Waals surface area contributed by atoms with Crippen molar-refractivity contribution in [1.82, 2.24) is 0 Å². The van der Waals surface area contributed by atoms with Crippen molar-refractivity contribution in [3.05, 3.63) is 64.7 Å². The summed E-state index contributed by atoms with van der Waals surface area (Å²) in [5.74, 6) is 16.5. The average molecular weight is 489 g/mol. The Morgan fingerprint density at radius 3 is 1.33 bits per heavy atom. The van der Waals surface area contributed by atoms with Crippen LogP contribution in [0.3, 0.4) is 0 Å². The van der Waals surface area contributed by atoms with Gasteiger partial charge in [0.2, 0.25) is 5.75 Å². The highest BCUT2D eigenvalue weighted by Gasteiger charge is 2.13. The minimum absolute atomic E-state index is 0.500. The molecule has 0 radical (unpaired) electrons. The first kappa shape index (κ1) is 26.0. The zero-order valence-corrected chi connectivity index (χ0v) is 21.4. The van der Waals surface area contributed by atoms with Crippen molar-refractivity contribution < 1.29 is 33.2 Å². The molecule has 0 fully saturated rings. The topological polar surface area (TPSA) is 64.6 Å². The van der Waals surface area contributed by atoms with Gasteiger partial charge in [0.05, 0.1) is 60.9 Å². The third kappa shape index (κ3) is 5.71. The molecule has 7 heteroatoms. The molecule has 3 aromatic rings. The van der Waals surface area contributed by atoms with Crippen LogP contribution < -0.4 is 33.2 Å². The van der Waals surface area contributed by atoms with E-state index in [-0.39, 0.29) is 0 Å². The molecule has 0 amide bonds. The van der Waals surface area contributed by atoms with Gasteiger partial charge in [-0.15, -0.1) is 0 Å². The summed E-state index contributed by atoms with van der Waals surface area (Å²) in [5.41, 5.74) is 2.74. The van der Waals surface area contributed by atoms with Crippen LogP contribution in [-0.2, 0) is 0 Å². The van der Waals surface area contributed by atoms with Crippen LogP contribution >= 0.6 is 0 Å². The van der Waals surface area contributed by atoms with Gasteiger partial charge >= 0.3 is 0 Å². The zero-order valence-electron chi connectivity index (χ0n) is 21.4. The summed E-state index contributed by atoms with van der Waals surface area (Å²) in [5, 5.41) is 0. The minimum atomic E-state index is 0.500. The summed E-state index contributed by atoms with van der Waals surface area (Å²) in [6.07, 6.45) is 0. The molecule has 0 bridgehead atoms. The second-order valence-electron chi connectivity index (χ2n) is 7.24. The molecule has 0 saturated heterocycles. The Kier molecular flexibility index (Phi) is 8.80. The van der Waals surface area contributed by atoms with Gasteiger partial charge in [-0.3, -0.25) is 0 Å². The van der Waals surface area contributed by atoms with Gasteiger partial charge in [0.25, 0.3) is 0 Å². The van der Waals surface area contributed by atoms with Crippen LogP contribution in [0, 0.1) is 23.7 Å². The summed E-state index contributed by atoms with van der Waals surface area (Å²) in [4.78, 5) is 0. The van der Waals surface area contributed by atoms with Crippen LogP contribution in [0.5, 0.6) is 40.2 Å². The van der Waals surface area contributed by atoms with E-state index in [0.717, 1.165) is 5.56 Å².